The van der Waals surface area contributed by atoms with Gasteiger partial charge in [0.15, 0.2) is 0 Å². The minimum absolute atomic E-state index is 0. The van der Waals surface area contributed by atoms with Gasteiger partial charge in [-0.2, -0.15) is 0 Å². The minimum Gasteiger partial charge on any atom is -0.147 e. The summed E-state index contributed by atoms with van der Waals surface area (Å²) in [6.07, 6.45) is 4.91. The maximum atomic E-state index is 6.27. The SMILES string of the molecule is CCC[CH2][Sn]([Cl])([Cl])[CH2]CCC.Cl.Cl. The molecule has 0 unspecified atom stereocenters. The summed E-state index contributed by atoms with van der Waals surface area (Å²) < 4.78 is 2.29. The van der Waals surface area contributed by atoms with Crippen molar-refractivity contribution in [2.45, 2.75) is 48.4 Å². The van der Waals surface area contributed by atoms with Gasteiger partial charge >= 0.3 is 82.4 Å². The van der Waals surface area contributed by atoms with Gasteiger partial charge in [-0.3, -0.25) is 0 Å². The molecule has 0 N–H and O–H groups in total. The summed E-state index contributed by atoms with van der Waals surface area (Å²) in [5.41, 5.74) is 0. The van der Waals surface area contributed by atoms with Gasteiger partial charge in [0.25, 0.3) is 0 Å². The van der Waals surface area contributed by atoms with Crippen LogP contribution in [0.2, 0.25) is 8.87 Å². The molecule has 0 aromatic carbocycles. The molecule has 0 amide bonds. The molecule has 0 nitrogen and oxygen atoms in total. The van der Waals surface area contributed by atoms with Crippen LogP contribution in [0.4, 0.5) is 0 Å². The van der Waals surface area contributed by atoms with Gasteiger partial charge in [-0.05, 0) is 0 Å². The van der Waals surface area contributed by atoms with Crippen LogP contribution in [0.3, 0.4) is 0 Å². The molecule has 0 saturated heterocycles. The van der Waals surface area contributed by atoms with Gasteiger partial charge in [0.05, 0.1) is 0 Å². The summed E-state index contributed by atoms with van der Waals surface area (Å²) in [4.78, 5) is 0. The number of rotatable bonds is 6. The number of hydrogen-bond acceptors (Lipinski definition) is 0. The van der Waals surface area contributed by atoms with Crippen molar-refractivity contribution in [2.75, 3.05) is 0 Å². The summed E-state index contributed by atoms with van der Waals surface area (Å²) >= 11 is -2.49. The first-order chi connectivity index (χ1) is 5.12. The predicted molar refractivity (Wildman–Crippen MR) is 71.4 cm³/mol. The van der Waals surface area contributed by atoms with E-state index in [0.29, 0.717) is 0 Å². The van der Waals surface area contributed by atoms with E-state index in [9.17, 15) is 0 Å². The van der Waals surface area contributed by atoms with Crippen molar-refractivity contribution in [3.63, 3.8) is 0 Å². The van der Waals surface area contributed by atoms with E-state index in [2.05, 4.69) is 13.8 Å². The van der Waals surface area contributed by atoms with E-state index >= 15 is 0 Å². The van der Waals surface area contributed by atoms with Gasteiger partial charge in [-0.25, -0.2) is 0 Å². The molecule has 0 aliphatic heterocycles. The van der Waals surface area contributed by atoms with E-state index in [0.717, 1.165) is 8.87 Å². The van der Waals surface area contributed by atoms with Crippen LogP contribution in [0.5, 0.6) is 0 Å². The van der Waals surface area contributed by atoms with Gasteiger partial charge in [0, 0.05) is 0 Å². The van der Waals surface area contributed by atoms with Crippen LogP contribution in [-0.2, 0) is 0 Å². The third-order valence-corrected chi connectivity index (χ3v) is 13.1. The molecule has 84 valence electrons. The summed E-state index contributed by atoms with van der Waals surface area (Å²) in [5.74, 6) is 0. The molecule has 0 heterocycles. The molecule has 0 aliphatic rings. The molecule has 0 saturated carbocycles. The Kier molecular flexibility index (Phi) is 18.9. The molecule has 0 spiro atoms. The average molecular weight is 377 g/mol. The first kappa shape index (κ1) is 20.4. The van der Waals surface area contributed by atoms with Gasteiger partial charge in [0.2, 0.25) is 0 Å². The smallest absolute Gasteiger partial charge is 0.147 e. The van der Waals surface area contributed by atoms with Gasteiger partial charge in [-0.1, -0.05) is 0 Å². The standard InChI is InChI=1S/2C4H9.4ClH.Sn/c2*1-3-4-2;;;;;/h2*1,3-4H2,2H3;4*1H;/q;;;;;;+2/p-2. The quantitative estimate of drug-likeness (QED) is 0.548. The topological polar surface area (TPSA) is 0 Å². The van der Waals surface area contributed by atoms with Crippen LogP contribution in [0.25, 0.3) is 0 Å². The van der Waals surface area contributed by atoms with Crippen LogP contribution in [0.15, 0.2) is 0 Å². The second kappa shape index (κ2) is 12.0. The average Bonchev–Trinajstić information content (AvgIpc) is 1.97. The fraction of sp³-hybridized carbons (Fsp3) is 1.00. The Morgan fingerprint density at radius 1 is 0.846 bits per heavy atom. The maximum absolute atomic E-state index is 6.27. The molecule has 0 fully saturated rings. The van der Waals surface area contributed by atoms with Gasteiger partial charge in [-0.15, -0.1) is 24.8 Å². The van der Waals surface area contributed by atoms with Crippen molar-refractivity contribution in [1.29, 1.82) is 0 Å². The molecule has 0 aliphatic carbocycles. The maximum Gasteiger partial charge on any atom is -0.147 e. The molecular formula is C8H20Cl4Sn. The van der Waals surface area contributed by atoms with Crippen LogP contribution in [-0.4, -0.2) is 16.1 Å². The van der Waals surface area contributed by atoms with Crippen molar-refractivity contribution < 1.29 is 0 Å². The fourth-order valence-corrected chi connectivity index (χ4v) is 10.3. The van der Waals surface area contributed by atoms with E-state index in [1.165, 1.54) is 25.7 Å². The molecule has 0 aromatic rings. The molecular weight excluding hydrogens is 357 g/mol. The zero-order valence-electron chi connectivity index (χ0n) is 8.32. The van der Waals surface area contributed by atoms with Gasteiger partial charge in [0.1, 0.15) is 0 Å². The van der Waals surface area contributed by atoms with Crippen molar-refractivity contribution in [2.24, 2.45) is 0 Å². The molecule has 13 heavy (non-hydrogen) atoms. The second-order valence-corrected chi connectivity index (χ2v) is 21.8. The monoisotopic (exact) mass is 376 g/mol. The molecule has 0 rings (SSSR count). The van der Waals surface area contributed by atoms with E-state index in [-0.39, 0.29) is 24.8 Å². The normalized spacial score (nSPS) is 10.2. The Labute approximate surface area is 106 Å². The summed E-state index contributed by atoms with van der Waals surface area (Å²) in [5, 5.41) is 0. The molecule has 5 heteroatoms. The zero-order chi connectivity index (χ0) is 8.74. The van der Waals surface area contributed by atoms with Crippen molar-refractivity contribution >= 4 is 58.8 Å². The summed E-state index contributed by atoms with van der Waals surface area (Å²) in [7, 11) is 12.5. The van der Waals surface area contributed by atoms with E-state index in [1.54, 1.807) is 0 Å². The summed E-state index contributed by atoms with van der Waals surface area (Å²) in [6.45, 7) is 4.38. The second-order valence-electron chi connectivity index (χ2n) is 3.06. The van der Waals surface area contributed by atoms with Crippen LogP contribution >= 0.6 is 42.7 Å². The van der Waals surface area contributed by atoms with Crippen molar-refractivity contribution in [3.05, 3.63) is 0 Å². The number of hydrogen-bond donors (Lipinski definition) is 0. The van der Waals surface area contributed by atoms with Crippen molar-refractivity contribution in [1.82, 2.24) is 0 Å². The first-order valence-electron chi connectivity index (χ1n) is 4.50. The van der Waals surface area contributed by atoms with Gasteiger partial charge < -0.3 is 0 Å². The third kappa shape index (κ3) is 14.0. The van der Waals surface area contributed by atoms with Crippen molar-refractivity contribution in [3.8, 4) is 0 Å². The van der Waals surface area contributed by atoms with E-state index in [1.807, 2.05) is 0 Å². The molecule has 0 atom stereocenters. The largest absolute Gasteiger partial charge is 0.147 e. The van der Waals surface area contributed by atoms with Crippen LogP contribution in [0, 0.1) is 0 Å². The Hall–Kier alpha value is 1.96. The first-order valence-corrected chi connectivity index (χ1v) is 15.8. The Balaban J connectivity index is -0.000000500. The van der Waals surface area contributed by atoms with E-state index < -0.39 is 16.1 Å². The number of unbranched alkanes of at least 4 members (excludes halogenated alkanes) is 2. The molecule has 0 radical (unpaired) electrons. The summed E-state index contributed by atoms with van der Waals surface area (Å²) in [6, 6.07) is 0. The predicted octanol–water partition coefficient (Wildman–Crippen LogP) is 5.35. The Morgan fingerprint density at radius 3 is 1.38 bits per heavy atom. The van der Waals surface area contributed by atoms with E-state index in [4.69, 9.17) is 17.8 Å². The third-order valence-electron chi connectivity index (χ3n) is 1.79. The van der Waals surface area contributed by atoms with Crippen LogP contribution in [0.1, 0.15) is 39.5 Å². The molecule has 0 bridgehead atoms. The minimum atomic E-state index is -2.49. The number of halogens is 4. The van der Waals surface area contributed by atoms with Crippen LogP contribution < -0.4 is 0 Å². The Morgan fingerprint density at radius 2 is 1.15 bits per heavy atom. The fourth-order valence-electron chi connectivity index (χ4n) is 0.996. The molecule has 0 aromatic heterocycles. The Bertz CT molecular complexity index is 88.1. The zero-order valence-corrected chi connectivity index (χ0v) is 14.3.